The van der Waals surface area contributed by atoms with E-state index in [4.69, 9.17) is 0 Å². The zero-order valence-electron chi connectivity index (χ0n) is 17.4. The molecule has 0 aromatic rings. The van der Waals surface area contributed by atoms with Crippen molar-refractivity contribution in [1.82, 2.24) is 0 Å². The Bertz CT molecular complexity index is 541. The van der Waals surface area contributed by atoms with Crippen LogP contribution in [0.2, 0.25) is 0 Å². The van der Waals surface area contributed by atoms with Gasteiger partial charge in [-0.05, 0) is 12.8 Å². The van der Waals surface area contributed by atoms with Crippen LogP contribution < -0.4 is 0 Å². The van der Waals surface area contributed by atoms with Gasteiger partial charge in [0, 0.05) is 0 Å². The standard InChI is InChI=1S/C20H38O7S/c1-3-5-7-9-11-13-15-20(19(23)24,16-14-12-10-8-6-4-2)17(18(21)22)28(25,26)27/h17H,3-16H2,1-2H3,(H,21,22)(H,23,24)(H,25,26,27)/t17-/m0/s1. The number of aliphatic carboxylic acids is 2. The van der Waals surface area contributed by atoms with E-state index >= 15 is 0 Å². The molecule has 0 saturated carbocycles. The van der Waals surface area contributed by atoms with Gasteiger partial charge in [0.15, 0.2) is 5.25 Å². The Kier molecular flexibility index (Phi) is 13.4. The van der Waals surface area contributed by atoms with Crippen molar-refractivity contribution in [2.24, 2.45) is 5.41 Å². The quantitative estimate of drug-likeness (QED) is 0.212. The molecule has 0 heterocycles. The van der Waals surface area contributed by atoms with Crippen molar-refractivity contribution in [2.75, 3.05) is 0 Å². The van der Waals surface area contributed by atoms with Crippen LogP contribution >= 0.6 is 0 Å². The van der Waals surface area contributed by atoms with Gasteiger partial charge in [0.05, 0.1) is 5.41 Å². The number of unbranched alkanes of at least 4 members (excludes halogenated alkanes) is 10. The van der Waals surface area contributed by atoms with E-state index in [0.29, 0.717) is 25.7 Å². The molecule has 0 radical (unpaired) electrons. The van der Waals surface area contributed by atoms with Crippen LogP contribution in [0.15, 0.2) is 0 Å². The van der Waals surface area contributed by atoms with Crippen molar-refractivity contribution in [3.8, 4) is 0 Å². The first-order valence-electron chi connectivity index (χ1n) is 10.6. The van der Waals surface area contributed by atoms with Crippen LogP contribution in [0.25, 0.3) is 0 Å². The van der Waals surface area contributed by atoms with E-state index in [2.05, 4.69) is 13.8 Å². The minimum atomic E-state index is -5.05. The Morgan fingerprint density at radius 2 is 1.11 bits per heavy atom. The van der Waals surface area contributed by atoms with E-state index < -0.39 is 32.7 Å². The van der Waals surface area contributed by atoms with Crippen molar-refractivity contribution in [3.05, 3.63) is 0 Å². The lowest BCUT2D eigenvalue weighted by atomic mass is 9.74. The molecule has 7 nitrogen and oxygen atoms in total. The molecule has 0 rings (SSSR count). The molecule has 0 amide bonds. The second kappa shape index (κ2) is 13.9. The van der Waals surface area contributed by atoms with Crippen LogP contribution in [0.3, 0.4) is 0 Å². The first-order chi connectivity index (χ1) is 13.1. The highest BCUT2D eigenvalue weighted by atomic mass is 32.2. The monoisotopic (exact) mass is 422 g/mol. The molecule has 166 valence electrons. The van der Waals surface area contributed by atoms with Crippen LogP contribution in [0, 0.1) is 5.41 Å². The van der Waals surface area contributed by atoms with Gasteiger partial charge in [0.2, 0.25) is 0 Å². The fourth-order valence-electron chi connectivity index (χ4n) is 3.80. The van der Waals surface area contributed by atoms with E-state index in [-0.39, 0.29) is 12.8 Å². The maximum absolute atomic E-state index is 12.1. The number of hydrogen-bond acceptors (Lipinski definition) is 4. The number of hydrogen-bond donors (Lipinski definition) is 3. The molecule has 0 aromatic carbocycles. The maximum Gasteiger partial charge on any atom is 0.325 e. The normalized spacial score (nSPS) is 13.4. The van der Waals surface area contributed by atoms with Crippen molar-refractivity contribution in [1.29, 1.82) is 0 Å². The van der Waals surface area contributed by atoms with Gasteiger partial charge in [-0.1, -0.05) is 90.9 Å². The lowest BCUT2D eigenvalue weighted by molar-refractivity contribution is -0.156. The van der Waals surface area contributed by atoms with E-state index in [1.165, 1.54) is 0 Å². The lowest BCUT2D eigenvalue weighted by Crippen LogP contribution is -2.51. The fraction of sp³-hybridized carbons (Fsp3) is 0.900. The SMILES string of the molecule is CCCCCCCCC(CCCCCCCC)(C(=O)O)[C@H](C(=O)O)S(=O)(=O)O. The van der Waals surface area contributed by atoms with Crippen LogP contribution in [-0.4, -0.2) is 40.4 Å². The maximum atomic E-state index is 12.1. The minimum absolute atomic E-state index is 0.0693. The summed E-state index contributed by atoms with van der Waals surface area (Å²) in [7, 11) is -5.05. The Morgan fingerprint density at radius 1 is 0.750 bits per heavy atom. The van der Waals surface area contributed by atoms with E-state index in [1.54, 1.807) is 0 Å². The van der Waals surface area contributed by atoms with Gasteiger partial charge >= 0.3 is 11.9 Å². The molecule has 0 unspecified atom stereocenters. The second-order valence-corrected chi connectivity index (χ2v) is 9.23. The van der Waals surface area contributed by atoms with Crippen molar-refractivity contribution in [3.63, 3.8) is 0 Å². The van der Waals surface area contributed by atoms with Crippen LogP contribution in [0.1, 0.15) is 104 Å². The molecule has 0 saturated heterocycles. The molecule has 8 heteroatoms. The summed E-state index contributed by atoms with van der Waals surface area (Å²) < 4.78 is 33.1. The predicted octanol–water partition coefficient (Wildman–Crippen LogP) is 4.90. The highest BCUT2D eigenvalue weighted by molar-refractivity contribution is 7.87. The minimum Gasteiger partial charge on any atom is -0.481 e. The zero-order valence-corrected chi connectivity index (χ0v) is 18.2. The third-order valence-corrected chi connectivity index (χ3v) is 6.65. The van der Waals surface area contributed by atoms with Crippen molar-refractivity contribution >= 4 is 22.1 Å². The summed E-state index contributed by atoms with van der Waals surface area (Å²) >= 11 is 0. The third kappa shape index (κ3) is 9.37. The summed E-state index contributed by atoms with van der Waals surface area (Å²) in [5.41, 5.74) is -2.01. The van der Waals surface area contributed by atoms with Crippen LogP contribution in [0.4, 0.5) is 0 Å². The van der Waals surface area contributed by atoms with Gasteiger partial charge in [0.1, 0.15) is 0 Å². The average molecular weight is 423 g/mol. The van der Waals surface area contributed by atoms with E-state index in [9.17, 15) is 32.8 Å². The molecule has 0 aromatic heterocycles. The van der Waals surface area contributed by atoms with E-state index in [0.717, 1.165) is 51.4 Å². The zero-order chi connectivity index (χ0) is 21.6. The van der Waals surface area contributed by atoms with Crippen LogP contribution in [-0.2, 0) is 19.7 Å². The summed E-state index contributed by atoms with van der Waals surface area (Å²) in [5.74, 6) is -3.26. The molecule has 28 heavy (non-hydrogen) atoms. The fourth-order valence-corrected chi connectivity index (χ4v) is 4.97. The summed E-state index contributed by atoms with van der Waals surface area (Å²) in [6.45, 7) is 4.17. The average Bonchev–Trinajstić information content (AvgIpc) is 2.58. The first-order valence-corrected chi connectivity index (χ1v) is 12.1. The highest BCUT2D eigenvalue weighted by Gasteiger charge is 2.55. The molecular formula is C20H38O7S. The summed E-state index contributed by atoms with van der Waals surface area (Å²) in [6.07, 6.45) is 10.2. The Hall–Kier alpha value is -1.15. The largest absolute Gasteiger partial charge is 0.481 e. The molecule has 0 aliphatic carbocycles. The van der Waals surface area contributed by atoms with Crippen molar-refractivity contribution in [2.45, 2.75) is 109 Å². The summed E-state index contributed by atoms with van der Waals surface area (Å²) in [6, 6.07) is 0. The molecule has 0 spiro atoms. The molecule has 0 aliphatic rings. The number of carboxylic acids is 2. The number of carboxylic acid groups (broad SMARTS) is 2. The van der Waals surface area contributed by atoms with Gasteiger partial charge in [-0.25, -0.2) is 0 Å². The molecule has 3 N–H and O–H groups in total. The number of rotatable bonds is 18. The Morgan fingerprint density at radius 3 is 1.39 bits per heavy atom. The first kappa shape index (κ1) is 26.9. The van der Waals surface area contributed by atoms with Crippen molar-refractivity contribution < 1.29 is 32.8 Å². The van der Waals surface area contributed by atoms with Crippen LogP contribution in [0.5, 0.6) is 0 Å². The van der Waals surface area contributed by atoms with Gasteiger partial charge in [-0.2, -0.15) is 8.42 Å². The summed E-state index contributed by atoms with van der Waals surface area (Å²) in [5, 5.41) is 16.9. The molecule has 0 bridgehead atoms. The molecule has 1 atom stereocenters. The summed E-state index contributed by atoms with van der Waals surface area (Å²) in [4.78, 5) is 23.8. The highest BCUT2D eigenvalue weighted by Crippen LogP contribution is 2.39. The van der Waals surface area contributed by atoms with E-state index in [1.807, 2.05) is 0 Å². The third-order valence-electron chi connectivity index (χ3n) is 5.40. The van der Waals surface area contributed by atoms with Gasteiger partial charge in [-0.3, -0.25) is 14.1 Å². The topological polar surface area (TPSA) is 129 Å². The Balaban J connectivity index is 5.31. The van der Waals surface area contributed by atoms with Gasteiger partial charge in [0.25, 0.3) is 10.1 Å². The molecular weight excluding hydrogens is 384 g/mol. The smallest absolute Gasteiger partial charge is 0.325 e. The lowest BCUT2D eigenvalue weighted by Gasteiger charge is -2.33. The molecule has 0 aliphatic heterocycles. The predicted molar refractivity (Wildman–Crippen MR) is 109 cm³/mol. The number of carbonyl (C=O) groups is 2. The Labute approximate surface area is 169 Å². The second-order valence-electron chi connectivity index (χ2n) is 7.73. The molecule has 0 fully saturated rings. The van der Waals surface area contributed by atoms with Gasteiger partial charge in [-0.15, -0.1) is 0 Å². The van der Waals surface area contributed by atoms with Gasteiger partial charge < -0.3 is 10.2 Å².